The summed E-state index contributed by atoms with van der Waals surface area (Å²) in [6.07, 6.45) is 8.47. The van der Waals surface area contributed by atoms with Gasteiger partial charge in [0.05, 0.1) is 0 Å². The van der Waals surface area contributed by atoms with E-state index in [9.17, 15) is 9.59 Å². The third-order valence-electron chi connectivity index (χ3n) is 2.75. The maximum Gasteiger partial charge on any atom is 0.123 e. The van der Waals surface area contributed by atoms with Crippen LogP contribution in [0.2, 0.25) is 0 Å². The minimum atomic E-state index is 0.319. The standard InChI is InChI=1S/2C7H14O/c2*1-3-5-7(4-2)6-8/h2*6-7H,3-5H2,1-2H3. The molecule has 0 aromatic carbocycles. The highest BCUT2D eigenvalue weighted by atomic mass is 16.1. The summed E-state index contributed by atoms with van der Waals surface area (Å²) < 4.78 is 0. The van der Waals surface area contributed by atoms with Gasteiger partial charge >= 0.3 is 0 Å². The van der Waals surface area contributed by atoms with Crippen LogP contribution in [-0.4, -0.2) is 12.6 Å². The van der Waals surface area contributed by atoms with E-state index in [0.717, 1.165) is 51.1 Å². The lowest BCUT2D eigenvalue weighted by molar-refractivity contribution is -0.112. The van der Waals surface area contributed by atoms with E-state index in [0.29, 0.717) is 11.8 Å². The van der Waals surface area contributed by atoms with Crippen molar-refractivity contribution in [3.05, 3.63) is 0 Å². The van der Waals surface area contributed by atoms with Gasteiger partial charge in [-0.2, -0.15) is 0 Å². The molecule has 0 rings (SSSR count). The first kappa shape index (κ1) is 17.7. The quantitative estimate of drug-likeness (QED) is 0.588. The van der Waals surface area contributed by atoms with E-state index in [-0.39, 0.29) is 0 Å². The van der Waals surface area contributed by atoms with Crippen LogP contribution in [0.1, 0.15) is 66.2 Å². The van der Waals surface area contributed by atoms with Crippen LogP contribution < -0.4 is 0 Å². The summed E-state index contributed by atoms with van der Waals surface area (Å²) in [5.74, 6) is 0.639. The molecule has 0 aliphatic heterocycles. The molecule has 96 valence electrons. The molecule has 0 aliphatic rings. The lowest BCUT2D eigenvalue weighted by Crippen LogP contribution is -1.97. The lowest BCUT2D eigenvalue weighted by atomic mass is 10.0. The summed E-state index contributed by atoms with van der Waals surface area (Å²) in [7, 11) is 0. The number of hydrogen-bond acceptors (Lipinski definition) is 2. The zero-order valence-electron chi connectivity index (χ0n) is 11.4. The van der Waals surface area contributed by atoms with Gasteiger partial charge in [0, 0.05) is 11.8 Å². The molecule has 2 atom stereocenters. The maximum absolute atomic E-state index is 10.1. The predicted octanol–water partition coefficient (Wildman–Crippen LogP) is 4.02. The van der Waals surface area contributed by atoms with Gasteiger partial charge in [-0.25, -0.2) is 0 Å². The third-order valence-corrected chi connectivity index (χ3v) is 2.75. The molecule has 0 N–H and O–H groups in total. The van der Waals surface area contributed by atoms with Gasteiger partial charge in [-0.1, -0.05) is 40.5 Å². The van der Waals surface area contributed by atoms with Crippen molar-refractivity contribution in [1.82, 2.24) is 0 Å². The average Bonchev–Trinajstić information content (AvgIpc) is 2.33. The third kappa shape index (κ3) is 11.4. The Morgan fingerprint density at radius 2 is 1.06 bits per heavy atom. The number of rotatable bonds is 8. The molecular weight excluding hydrogens is 200 g/mol. The Hall–Kier alpha value is -0.660. The van der Waals surface area contributed by atoms with Crippen LogP contribution in [0, 0.1) is 11.8 Å². The molecule has 0 heterocycles. The smallest absolute Gasteiger partial charge is 0.123 e. The molecule has 0 bridgehead atoms. The Kier molecular flexibility index (Phi) is 15.9. The van der Waals surface area contributed by atoms with Crippen LogP contribution in [0.3, 0.4) is 0 Å². The van der Waals surface area contributed by atoms with Crippen LogP contribution in [-0.2, 0) is 9.59 Å². The first-order valence-corrected chi connectivity index (χ1v) is 6.60. The summed E-state index contributed by atoms with van der Waals surface area (Å²) in [5.41, 5.74) is 0. The summed E-state index contributed by atoms with van der Waals surface area (Å²) in [6, 6.07) is 0. The normalized spacial score (nSPS) is 13.2. The molecule has 0 aromatic rings. The van der Waals surface area contributed by atoms with E-state index in [1.807, 2.05) is 0 Å². The fraction of sp³-hybridized carbons (Fsp3) is 0.857. The molecule has 2 nitrogen and oxygen atoms in total. The zero-order valence-corrected chi connectivity index (χ0v) is 11.4. The van der Waals surface area contributed by atoms with Gasteiger partial charge in [0.15, 0.2) is 0 Å². The number of carbonyl (C=O) groups is 2. The van der Waals surface area contributed by atoms with E-state index in [4.69, 9.17) is 0 Å². The molecular formula is C14H28O2. The van der Waals surface area contributed by atoms with E-state index >= 15 is 0 Å². The molecule has 2 unspecified atom stereocenters. The van der Waals surface area contributed by atoms with Crippen molar-refractivity contribution < 1.29 is 9.59 Å². The van der Waals surface area contributed by atoms with Gasteiger partial charge < -0.3 is 9.59 Å². The van der Waals surface area contributed by atoms with Crippen molar-refractivity contribution in [1.29, 1.82) is 0 Å². The van der Waals surface area contributed by atoms with Gasteiger partial charge in [-0.3, -0.25) is 0 Å². The largest absolute Gasteiger partial charge is 0.303 e. The fourth-order valence-electron chi connectivity index (χ4n) is 1.48. The van der Waals surface area contributed by atoms with Crippen molar-refractivity contribution in [3.8, 4) is 0 Å². The summed E-state index contributed by atoms with van der Waals surface area (Å²) >= 11 is 0. The maximum atomic E-state index is 10.1. The van der Waals surface area contributed by atoms with Gasteiger partial charge in [-0.05, 0) is 25.7 Å². The average molecular weight is 228 g/mol. The lowest BCUT2D eigenvalue weighted by Gasteiger charge is -2.01. The summed E-state index contributed by atoms with van der Waals surface area (Å²) in [4.78, 5) is 20.3. The molecule has 0 aromatic heterocycles. The van der Waals surface area contributed by atoms with E-state index in [1.165, 1.54) is 0 Å². The SMILES string of the molecule is CCCC(C=O)CC.CCCC(C=O)CC. The number of aldehydes is 2. The van der Waals surface area contributed by atoms with E-state index in [1.54, 1.807) is 0 Å². The molecule has 0 spiro atoms. The van der Waals surface area contributed by atoms with Gasteiger partial charge in [-0.15, -0.1) is 0 Å². The van der Waals surface area contributed by atoms with Gasteiger partial charge in [0.25, 0.3) is 0 Å². The molecule has 0 saturated heterocycles. The topological polar surface area (TPSA) is 34.1 Å². The minimum Gasteiger partial charge on any atom is -0.303 e. The second-order valence-electron chi connectivity index (χ2n) is 4.19. The molecule has 2 heteroatoms. The highest BCUT2D eigenvalue weighted by Crippen LogP contribution is 2.06. The number of carbonyl (C=O) groups excluding carboxylic acids is 2. The first-order chi connectivity index (χ1) is 7.69. The molecule has 0 aliphatic carbocycles. The van der Waals surface area contributed by atoms with E-state index < -0.39 is 0 Å². The van der Waals surface area contributed by atoms with Crippen LogP contribution in [0.4, 0.5) is 0 Å². The van der Waals surface area contributed by atoms with Crippen LogP contribution in [0.15, 0.2) is 0 Å². The highest BCUT2D eigenvalue weighted by molar-refractivity contribution is 5.53. The van der Waals surface area contributed by atoms with Crippen molar-refractivity contribution in [2.45, 2.75) is 66.2 Å². The Morgan fingerprint density at radius 3 is 1.12 bits per heavy atom. The molecule has 0 amide bonds. The monoisotopic (exact) mass is 228 g/mol. The minimum absolute atomic E-state index is 0.319. The van der Waals surface area contributed by atoms with Crippen LogP contribution in [0.25, 0.3) is 0 Å². The van der Waals surface area contributed by atoms with Crippen molar-refractivity contribution in [2.75, 3.05) is 0 Å². The summed E-state index contributed by atoms with van der Waals surface area (Å²) in [6.45, 7) is 8.31. The first-order valence-electron chi connectivity index (χ1n) is 6.60. The van der Waals surface area contributed by atoms with Gasteiger partial charge in [0.2, 0.25) is 0 Å². The van der Waals surface area contributed by atoms with Crippen LogP contribution >= 0.6 is 0 Å². The van der Waals surface area contributed by atoms with E-state index in [2.05, 4.69) is 27.7 Å². The Labute approximate surface area is 101 Å². The zero-order chi connectivity index (χ0) is 12.8. The Balaban J connectivity index is 0. The number of hydrogen-bond donors (Lipinski definition) is 0. The second-order valence-corrected chi connectivity index (χ2v) is 4.19. The molecule has 16 heavy (non-hydrogen) atoms. The van der Waals surface area contributed by atoms with Crippen molar-refractivity contribution in [2.24, 2.45) is 11.8 Å². The second kappa shape index (κ2) is 14.3. The highest BCUT2D eigenvalue weighted by Gasteiger charge is 2.00. The Bertz CT molecular complexity index is 137. The fourth-order valence-corrected chi connectivity index (χ4v) is 1.48. The van der Waals surface area contributed by atoms with Crippen LogP contribution in [0.5, 0.6) is 0 Å². The Morgan fingerprint density at radius 1 is 0.750 bits per heavy atom. The molecule has 0 saturated carbocycles. The predicted molar refractivity (Wildman–Crippen MR) is 69.5 cm³/mol. The van der Waals surface area contributed by atoms with Crippen molar-refractivity contribution >= 4 is 12.6 Å². The van der Waals surface area contributed by atoms with Gasteiger partial charge in [0.1, 0.15) is 12.6 Å². The summed E-state index contributed by atoms with van der Waals surface area (Å²) in [5, 5.41) is 0. The molecule has 0 fully saturated rings. The molecule has 0 radical (unpaired) electrons. The van der Waals surface area contributed by atoms with Crippen molar-refractivity contribution in [3.63, 3.8) is 0 Å².